The molecule has 0 aliphatic carbocycles. The van der Waals surface area contributed by atoms with Crippen molar-refractivity contribution in [3.8, 4) is 0 Å². The molecule has 1 aromatic rings. The maximum Gasteiger partial charge on any atom is 0.252 e. The highest BCUT2D eigenvalue weighted by molar-refractivity contribution is 6.33. The largest absolute Gasteiger partial charge is 0.381 e. The van der Waals surface area contributed by atoms with E-state index in [1.165, 1.54) is 0 Å². The molecular weight excluding hydrogens is 290 g/mol. The molecule has 2 N–H and O–H groups in total. The summed E-state index contributed by atoms with van der Waals surface area (Å²) in [5, 5.41) is 6.54. The topological polar surface area (TPSA) is 63.2 Å². The van der Waals surface area contributed by atoms with Crippen LogP contribution in [-0.2, 0) is 4.74 Å². The van der Waals surface area contributed by atoms with Crippen LogP contribution in [0.2, 0.25) is 5.02 Å². The Bertz CT molecular complexity index is 476. The van der Waals surface area contributed by atoms with Crippen molar-refractivity contribution in [2.45, 2.75) is 26.2 Å². The third-order valence-corrected chi connectivity index (χ3v) is 3.83. The van der Waals surface area contributed by atoms with Crippen molar-refractivity contribution in [2.24, 2.45) is 5.92 Å². The van der Waals surface area contributed by atoms with Crippen LogP contribution < -0.4 is 10.6 Å². The lowest BCUT2D eigenvalue weighted by Gasteiger charge is -2.22. The van der Waals surface area contributed by atoms with E-state index in [0.717, 1.165) is 39.0 Å². The summed E-state index contributed by atoms with van der Waals surface area (Å²) in [7, 11) is 0. The second-order valence-corrected chi connectivity index (χ2v) is 5.65. The summed E-state index contributed by atoms with van der Waals surface area (Å²) in [6.07, 6.45) is 4.55. The summed E-state index contributed by atoms with van der Waals surface area (Å²) in [6, 6.07) is 1.66. The zero-order valence-corrected chi connectivity index (χ0v) is 13.1. The predicted octanol–water partition coefficient (Wildman–Crippen LogP) is 2.71. The Balaban J connectivity index is 1.88. The molecule has 2 heterocycles. The number of amides is 1. The number of hydrogen-bond acceptors (Lipinski definition) is 4. The third kappa shape index (κ3) is 4.86. The predicted molar refractivity (Wildman–Crippen MR) is 83.9 cm³/mol. The van der Waals surface area contributed by atoms with Crippen LogP contribution in [0.4, 0.5) is 5.82 Å². The number of nitrogens with zero attached hydrogens (tertiary/aromatic N) is 1. The summed E-state index contributed by atoms with van der Waals surface area (Å²) in [5.41, 5.74) is 0.495. The Morgan fingerprint density at radius 2 is 2.24 bits per heavy atom. The second kappa shape index (κ2) is 8.20. The highest BCUT2D eigenvalue weighted by Gasteiger charge is 2.16. The van der Waals surface area contributed by atoms with E-state index < -0.39 is 0 Å². The Morgan fingerprint density at radius 1 is 1.48 bits per heavy atom. The van der Waals surface area contributed by atoms with Gasteiger partial charge in [0, 0.05) is 32.5 Å². The Kier molecular flexibility index (Phi) is 6.26. The zero-order chi connectivity index (χ0) is 15.1. The fourth-order valence-corrected chi connectivity index (χ4v) is 2.46. The van der Waals surface area contributed by atoms with Crippen molar-refractivity contribution in [3.05, 3.63) is 22.8 Å². The van der Waals surface area contributed by atoms with Gasteiger partial charge in [-0.25, -0.2) is 4.98 Å². The molecule has 0 aromatic carbocycles. The Labute approximate surface area is 130 Å². The number of rotatable bonds is 6. The molecule has 1 aliphatic rings. The Hall–Kier alpha value is -1.33. The molecule has 0 unspecified atom stereocenters. The maximum absolute atomic E-state index is 12.1. The quantitative estimate of drug-likeness (QED) is 0.848. The monoisotopic (exact) mass is 311 g/mol. The van der Waals surface area contributed by atoms with E-state index in [1.807, 2.05) is 0 Å². The van der Waals surface area contributed by atoms with E-state index in [9.17, 15) is 4.79 Å². The minimum Gasteiger partial charge on any atom is -0.381 e. The lowest BCUT2D eigenvalue weighted by molar-refractivity contribution is 0.0642. The van der Waals surface area contributed by atoms with E-state index in [1.54, 1.807) is 12.3 Å². The van der Waals surface area contributed by atoms with Gasteiger partial charge in [-0.2, -0.15) is 0 Å². The summed E-state index contributed by atoms with van der Waals surface area (Å²) in [6.45, 7) is 5.12. The van der Waals surface area contributed by atoms with Crippen LogP contribution in [0, 0.1) is 5.92 Å². The summed E-state index contributed by atoms with van der Waals surface area (Å²) in [4.78, 5) is 16.3. The molecule has 6 heteroatoms. The molecule has 1 fully saturated rings. The van der Waals surface area contributed by atoms with E-state index in [2.05, 4.69) is 22.5 Å². The number of hydrogen-bond donors (Lipinski definition) is 2. The van der Waals surface area contributed by atoms with Crippen LogP contribution in [0.5, 0.6) is 0 Å². The van der Waals surface area contributed by atoms with Crippen LogP contribution in [0.1, 0.15) is 36.5 Å². The second-order valence-electron chi connectivity index (χ2n) is 5.25. The minimum absolute atomic E-state index is 0.127. The number of pyridine rings is 1. The molecule has 1 saturated heterocycles. The van der Waals surface area contributed by atoms with Gasteiger partial charge in [0.15, 0.2) is 0 Å². The normalized spacial score (nSPS) is 15.7. The van der Waals surface area contributed by atoms with Crippen molar-refractivity contribution >= 4 is 23.3 Å². The van der Waals surface area contributed by atoms with Gasteiger partial charge < -0.3 is 15.4 Å². The van der Waals surface area contributed by atoms with E-state index in [-0.39, 0.29) is 5.91 Å². The van der Waals surface area contributed by atoms with Crippen LogP contribution in [0.25, 0.3) is 0 Å². The Morgan fingerprint density at radius 3 is 2.90 bits per heavy atom. The van der Waals surface area contributed by atoms with Gasteiger partial charge >= 0.3 is 0 Å². The van der Waals surface area contributed by atoms with Gasteiger partial charge in [0.2, 0.25) is 0 Å². The van der Waals surface area contributed by atoms with Gasteiger partial charge in [0.1, 0.15) is 5.82 Å². The molecule has 116 valence electrons. The summed E-state index contributed by atoms with van der Waals surface area (Å²) >= 11 is 6.14. The van der Waals surface area contributed by atoms with Gasteiger partial charge in [-0.1, -0.05) is 18.5 Å². The molecule has 1 amide bonds. The number of carbonyl (C=O) groups excluding carboxylic acids is 1. The first-order valence-corrected chi connectivity index (χ1v) is 7.84. The number of anilines is 1. The first-order valence-electron chi connectivity index (χ1n) is 7.46. The zero-order valence-electron chi connectivity index (χ0n) is 12.3. The highest BCUT2D eigenvalue weighted by atomic mass is 35.5. The lowest BCUT2D eigenvalue weighted by Crippen LogP contribution is -2.32. The van der Waals surface area contributed by atoms with E-state index in [0.29, 0.717) is 28.9 Å². The molecule has 0 spiro atoms. The van der Waals surface area contributed by atoms with Gasteiger partial charge in [0.25, 0.3) is 5.91 Å². The van der Waals surface area contributed by atoms with Gasteiger partial charge in [-0.3, -0.25) is 4.79 Å². The van der Waals surface area contributed by atoms with Gasteiger partial charge in [-0.05, 0) is 31.2 Å². The van der Waals surface area contributed by atoms with Crippen LogP contribution in [0.15, 0.2) is 12.3 Å². The molecule has 1 aliphatic heterocycles. The fraction of sp³-hybridized carbons (Fsp3) is 0.600. The number of nitrogens with one attached hydrogen (secondary N) is 2. The molecule has 0 atom stereocenters. The lowest BCUT2D eigenvalue weighted by atomic mass is 10.0. The molecule has 5 nitrogen and oxygen atoms in total. The average molecular weight is 312 g/mol. The number of aromatic nitrogens is 1. The first-order chi connectivity index (χ1) is 10.2. The van der Waals surface area contributed by atoms with Crippen molar-refractivity contribution in [3.63, 3.8) is 0 Å². The van der Waals surface area contributed by atoms with E-state index >= 15 is 0 Å². The third-order valence-electron chi connectivity index (χ3n) is 3.54. The minimum atomic E-state index is -0.127. The van der Waals surface area contributed by atoms with Crippen LogP contribution >= 0.6 is 11.6 Å². The van der Waals surface area contributed by atoms with Crippen molar-refractivity contribution < 1.29 is 9.53 Å². The average Bonchev–Trinajstić information content (AvgIpc) is 2.52. The van der Waals surface area contributed by atoms with Crippen molar-refractivity contribution in [1.82, 2.24) is 10.3 Å². The van der Waals surface area contributed by atoms with Crippen LogP contribution in [-0.4, -0.2) is 37.2 Å². The molecular formula is C15H22ClN3O2. The molecule has 2 rings (SSSR count). The smallest absolute Gasteiger partial charge is 0.252 e. The fourth-order valence-electron chi connectivity index (χ4n) is 2.23. The van der Waals surface area contributed by atoms with Crippen molar-refractivity contribution in [2.75, 3.05) is 31.6 Å². The van der Waals surface area contributed by atoms with Gasteiger partial charge in [-0.15, -0.1) is 0 Å². The number of halogens is 1. The first kappa shape index (κ1) is 16.0. The van der Waals surface area contributed by atoms with Crippen molar-refractivity contribution in [1.29, 1.82) is 0 Å². The standard InChI is InChI=1S/C15H22ClN3O2/c1-2-5-17-14-13(16)8-12(10-18-14)15(20)19-9-11-3-6-21-7-4-11/h8,10-11H,2-7,9H2,1H3,(H,17,18)(H,19,20). The molecule has 1 aromatic heterocycles. The van der Waals surface area contributed by atoms with Gasteiger partial charge in [0.05, 0.1) is 10.6 Å². The molecule has 0 saturated carbocycles. The SMILES string of the molecule is CCCNc1ncc(C(=O)NCC2CCOCC2)cc1Cl. The molecule has 0 bridgehead atoms. The summed E-state index contributed by atoms with van der Waals surface area (Å²) in [5.74, 6) is 0.994. The van der Waals surface area contributed by atoms with Crippen LogP contribution in [0.3, 0.4) is 0 Å². The molecule has 0 radical (unpaired) electrons. The molecule has 21 heavy (non-hydrogen) atoms. The number of carbonyl (C=O) groups is 1. The summed E-state index contributed by atoms with van der Waals surface area (Å²) < 4.78 is 5.31. The van der Waals surface area contributed by atoms with E-state index in [4.69, 9.17) is 16.3 Å². The maximum atomic E-state index is 12.1. The highest BCUT2D eigenvalue weighted by Crippen LogP contribution is 2.20. The number of ether oxygens (including phenoxy) is 1.